The minimum Gasteiger partial charge on any atom is -0.478 e. The third kappa shape index (κ3) is 9.24. The van der Waals surface area contributed by atoms with Gasteiger partial charge in [0.1, 0.15) is 17.1 Å². The van der Waals surface area contributed by atoms with Gasteiger partial charge in [0.25, 0.3) is 0 Å². The number of hydrogen-bond acceptors (Lipinski definition) is 12. The summed E-state index contributed by atoms with van der Waals surface area (Å²) in [6.45, 7) is 4.59. The smallest absolute Gasteiger partial charge is 0.339 e. The molecule has 4 N–H and O–H groups in total. The Morgan fingerprint density at radius 1 is 1.00 bits per heavy atom. The summed E-state index contributed by atoms with van der Waals surface area (Å²) in [5.74, 6) is 0.918. The number of rotatable bonds is 17. The molecule has 13 nitrogen and oxygen atoms in total. The number of aryl methyl sites for hydroxylation is 1. The maximum absolute atomic E-state index is 11.8. The number of aromatic nitrogens is 4. The highest BCUT2D eigenvalue weighted by Crippen LogP contribution is 2.33. The number of carbonyl (C=O) groups is 1. The second-order valence-electron chi connectivity index (χ2n) is 8.93. The number of carboxylic acid groups (broad SMARTS) is 1. The maximum Gasteiger partial charge on any atom is 0.339 e. The molecule has 0 saturated carbocycles. The molecule has 0 unspecified atom stereocenters. The third-order valence-electron chi connectivity index (χ3n) is 5.83. The van der Waals surface area contributed by atoms with E-state index in [2.05, 4.69) is 35.9 Å². The molecule has 4 rings (SSSR count). The van der Waals surface area contributed by atoms with E-state index in [1.807, 2.05) is 0 Å². The van der Waals surface area contributed by atoms with Crippen molar-refractivity contribution in [3.63, 3.8) is 0 Å². The van der Waals surface area contributed by atoms with Crippen LogP contribution in [0.1, 0.15) is 22.1 Å². The van der Waals surface area contributed by atoms with Crippen LogP contribution in [0.3, 0.4) is 0 Å². The van der Waals surface area contributed by atoms with Gasteiger partial charge in [-0.3, -0.25) is 4.98 Å². The number of ether oxygens (including phenoxy) is 3. The van der Waals surface area contributed by atoms with Crippen LogP contribution >= 0.6 is 23.2 Å². The number of aromatic carboxylic acids is 1. The van der Waals surface area contributed by atoms with E-state index in [1.54, 1.807) is 44.5 Å². The molecule has 0 aliphatic carbocycles. The number of nitrogens with one attached hydrogen (secondary N) is 3. The first-order chi connectivity index (χ1) is 20.9. The maximum atomic E-state index is 11.8. The molecule has 0 spiro atoms. The minimum absolute atomic E-state index is 0.0175. The van der Waals surface area contributed by atoms with E-state index in [9.17, 15) is 9.90 Å². The summed E-state index contributed by atoms with van der Waals surface area (Å²) in [4.78, 5) is 29.2. The highest BCUT2D eigenvalue weighted by atomic mass is 35.5. The van der Waals surface area contributed by atoms with Gasteiger partial charge in [-0.05, 0) is 31.2 Å². The first-order valence-electron chi connectivity index (χ1n) is 13.2. The number of pyridine rings is 1. The van der Waals surface area contributed by atoms with Crippen LogP contribution in [0.25, 0.3) is 11.3 Å². The van der Waals surface area contributed by atoms with Gasteiger partial charge in [0.05, 0.1) is 56.5 Å². The summed E-state index contributed by atoms with van der Waals surface area (Å²) >= 11 is 12.5. The van der Waals surface area contributed by atoms with Gasteiger partial charge in [0.2, 0.25) is 5.89 Å². The van der Waals surface area contributed by atoms with Crippen molar-refractivity contribution >= 4 is 52.2 Å². The number of anilines is 4. The molecule has 0 aliphatic heterocycles. The molecule has 0 radical (unpaired) electrons. The Bertz CT molecular complexity index is 1520. The lowest BCUT2D eigenvalue weighted by Gasteiger charge is -2.18. The Morgan fingerprint density at radius 2 is 1.77 bits per heavy atom. The molecule has 228 valence electrons. The Balaban J connectivity index is 1.52. The van der Waals surface area contributed by atoms with Crippen molar-refractivity contribution in [1.82, 2.24) is 19.9 Å². The van der Waals surface area contributed by atoms with Gasteiger partial charge in [0.15, 0.2) is 17.4 Å². The molecule has 1 aromatic carbocycles. The van der Waals surface area contributed by atoms with Crippen molar-refractivity contribution in [2.75, 3.05) is 62.6 Å². The Labute approximate surface area is 257 Å². The molecule has 0 aliphatic rings. The van der Waals surface area contributed by atoms with Crippen LogP contribution in [0.5, 0.6) is 0 Å². The highest BCUT2D eigenvalue weighted by Gasteiger charge is 2.18. The second-order valence-corrected chi connectivity index (χ2v) is 9.78. The summed E-state index contributed by atoms with van der Waals surface area (Å²) < 4.78 is 21.9. The lowest BCUT2D eigenvalue weighted by atomic mass is 10.2. The van der Waals surface area contributed by atoms with Crippen LogP contribution in [0.4, 0.5) is 23.0 Å². The van der Waals surface area contributed by atoms with Crippen molar-refractivity contribution in [3.8, 4) is 11.3 Å². The molecule has 4 aromatic rings. The van der Waals surface area contributed by atoms with E-state index in [0.29, 0.717) is 95.7 Å². The monoisotopic (exact) mass is 631 g/mol. The van der Waals surface area contributed by atoms with Gasteiger partial charge in [0, 0.05) is 36.6 Å². The van der Waals surface area contributed by atoms with Gasteiger partial charge in [-0.2, -0.15) is 0 Å². The Hall–Kier alpha value is -4.01. The van der Waals surface area contributed by atoms with Crippen LogP contribution < -0.4 is 16.0 Å². The topological polar surface area (TPSA) is 166 Å². The van der Waals surface area contributed by atoms with Crippen LogP contribution in [-0.2, 0) is 20.8 Å². The molecule has 43 heavy (non-hydrogen) atoms. The van der Waals surface area contributed by atoms with E-state index >= 15 is 0 Å². The fraction of sp³-hybridized carbons (Fsp3) is 0.321. The van der Waals surface area contributed by atoms with Gasteiger partial charge >= 0.3 is 5.97 Å². The number of hydrogen-bond donors (Lipinski definition) is 4. The first kappa shape index (κ1) is 31.9. The lowest BCUT2D eigenvalue weighted by molar-refractivity contribution is 0.0272. The zero-order valence-corrected chi connectivity index (χ0v) is 25.0. The van der Waals surface area contributed by atoms with Crippen molar-refractivity contribution in [2.24, 2.45) is 0 Å². The van der Waals surface area contributed by atoms with Crippen molar-refractivity contribution in [3.05, 3.63) is 70.2 Å². The van der Waals surface area contributed by atoms with Crippen LogP contribution in [0.2, 0.25) is 10.0 Å². The molecule has 3 heterocycles. The van der Waals surface area contributed by atoms with Crippen LogP contribution in [0.15, 0.2) is 47.3 Å². The number of nitrogens with zero attached hydrogens (tertiary/aromatic N) is 4. The number of halogens is 2. The predicted molar refractivity (Wildman–Crippen MR) is 163 cm³/mol. The fourth-order valence-corrected chi connectivity index (χ4v) is 4.22. The van der Waals surface area contributed by atoms with Gasteiger partial charge in [-0.15, -0.1) is 0 Å². The van der Waals surface area contributed by atoms with Gasteiger partial charge in [-0.25, -0.2) is 19.7 Å². The standard InChI is InChI=1S/C28H31Cl2N7O6/c1-17-35-26(32-7-8-41-11-12-42-10-9-40-2)25(27(36-17)37-22-5-6-31-14-20(22)28(38)39)34-16-24-33-15-23(43-24)19-13-18(29)3-4-21(19)30/h3-6,13-15,34H,7-12,16H2,1-2H3,(H,38,39)(H2,31,32,35,36,37). The normalized spacial score (nSPS) is 11.0. The third-order valence-corrected chi connectivity index (χ3v) is 6.40. The lowest BCUT2D eigenvalue weighted by Crippen LogP contribution is -2.17. The SMILES string of the molecule is COCCOCCOCCNc1nc(C)nc(Nc2ccncc2C(=O)O)c1NCc1ncc(-c2cc(Cl)ccc2Cl)o1. The number of oxazole rings is 1. The molecular formula is C28H31Cl2N7O6. The van der Waals surface area contributed by atoms with E-state index in [4.69, 9.17) is 41.8 Å². The zero-order valence-electron chi connectivity index (χ0n) is 23.5. The first-order valence-corrected chi connectivity index (χ1v) is 14.0. The summed E-state index contributed by atoms with van der Waals surface area (Å²) in [6.07, 6.45) is 4.31. The van der Waals surface area contributed by atoms with Crippen molar-refractivity contribution < 1.29 is 28.5 Å². The fourth-order valence-electron chi connectivity index (χ4n) is 3.83. The van der Waals surface area contributed by atoms with Crippen LogP contribution in [0, 0.1) is 6.92 Å². The summed E-state index contributed by atoms with van der Waals surface area (Å²) in [5, 5.41) is 20.3. The molecule has 0 bridgehead atoms. The van der Waals surface area contributed by atoms with Crippen LogP contribution in [-0.4, -0.2) is 77.7 Å². The second kappa shape index (κ2) is 16.0. The minimum atomic E-state index is -1.13. The average molecular weight is 633 g/mol. The molecule has 0 fully saturated rings. The molecule has 0 saturated heterocycles. The molecular weight excluding hydrogens is 601 g/mol. The predicted octanol–water partition coefficient (Wildman–Crippen LogP) is 5.29. The summed E-state index contributed by atoms with van der Waals surface area (Å²) in [6, 6.07) is 6.62. The molecule has 15 heteroatoms. The number of carboxylic acids is 1. The quantitative estimate of drug-likeness (QED) is 0.111. The van der Waals surface area contributed by atoms with Crippen molar-refractivity contribution in [1.29, 1.82) is 0 Å². The molecule has 0 amide bonds. The molecule has 3 aromatic heterocycles. The average Bonchev–Trinajstić information content (AvgIpc) is 3.46. The van der Waals surface area contributed by atoms with E-state index in [1.165, 1.54) is 12.4 Å². The summed E-state index contributed by atoms with van der Waals surface area (Å²) in [7, 11) is 1.62. The van der Waals surface area contributed by atoms with E-state index in [-0.39, 0.29) is 12.1 Å². The Morgan fingerprint density at radius 3 is 2.56 bits per heavy atom. The largest absolute Gasteiger partial charge is 0.478 e. The van der Waals surface area contributed by atoms with E-state index in [0.717, 1.165) is 0 Å². The number of methoxy groups -OCH3 is 1. The van der Waals surface area contributed by atoms with Gasteiger partial charge < -0.3 is 39.7 Å². The highest BCUT2D eigenvalue weighted by molar-refractivity contribution is 6.35. The summed E-state index contributed by atoms with van der Waals surface area (Å²) in [5.41, 5.74) is 1.36. The van der Waals surface area contributed by atoms with E-state index < -0.39 is 5.97 Å². The molecule has 0 atom stereocenters. The number of benzene rings is 1. The van der Waals surface area contributed by atoms with Gasteiger partial charge in [-0.1, -0.05) is 23.2 Å². The van der Waals surface area contributed by atoms with Crippen molar-refractivity contribution in [2.45, 2.75) is 13.5 Å². The Kier molecular flexibility index (Phi) is 11.9. The zero-order chi connectivity index (χ0) is 30.6.